The van der Waals surface area contributed by atoms with Gasteiger partial charge in [0.05, 0.1) is 9.77 Å². The summed E-state index contributed by atoms with van der Waals surface area (Å²) in [7, 11) is 1.72. The minimum atomic E-state index is -0.503. The van der Waals surface area contributed by atoms with Crippen LogP contribution in [0.15, 0.2) is 12.4 Å². The van der Waals surface area contributed by atoms with Gasteiger partial charge in [-0.15, -0.1) is 0 Å². The van der Waals surface area contributed by atoms with Crippen molar-refractivity contribution in [3.8, 4) is 5.82 Å². The number of nitrogens with zero attached hydrogens (tertiary/aromatic N) is 5. The van der Waals surface area contributed by atoms with Gasteiger partial charge in [0, 0.05) is 20.2 Å². The zero-order valence-electron chi connectivity index (χ0n) is 8.59. The van der Waals surface area contributed by atoms with Crippen LogP contribution in [-0.2, 0) is 7.05 Å². The highest BCUT2D eigenvalue weighted by Gasteiger charge is 2.25. The Balaban J connectivity index is 2.67. The summed E-state index contributed by atoms with van der Waals surface area (Å²) in [5.41, 5.74) is 0. The fourth-order valence-corrected chi connectivity index (χ4v) is 1.77. The van der Waals surface area contributed by atoms with E-state index in [0.29, 0.717) is 11.6 Å². The van der Waals surface area contributed by atoms with Crippen molar-refractivity contribution in [2.24, 2.45) is 7.05 Å². The summed E-state index contributed by atoms with van der Waals surface area (Å²) in [6.45, 7) is 1.71. The normalized spacial score (nSPS) is 10.7. The molecule has 0 unspecified atom stereocenters. The smallest absolute Gasteiger partial charge is 0.358 e. The van der Waals surface area contributed by atoms with Crippen LogP contribution >= 0.6 is 22.6 Å². The predicted octanol–water partition coefficient (Wildman–Crippen LogP) is 1.43. The standard InChI is InChI=1S/C8H8IN5O2/c1-5-11-7(14(15)16)8(12(5)2)13-4-6(9)3-10-13/h3-4H,1-2H3. The van der Waals surface area contributed by atoms with E-state index in [0.717, 1.165) is 3.57 Å². The maximum absolute atomic E-state index is 10.9. The number of halogens is 1. The molecule has 0 aliphatic carbocycles. The quantitative estimate of drug-likeness (QED) is 0.473. The molecule has 0 radical (unpaired) electrons. The molecular weight excluding hydrogens is 325 g/mol. The average molecular weight is 333 g/mol. The Bertz CT molecular complexity index is 559. The van der Waals surface area contributed by atoms with Crippen molar-refractivity contribution in [1.82, 2.24) is 19.3 Å². The number of aromatic nitrogens is 4. The first kappa shape index (κ1) is 11.0. The van der Waals surface area contributed by atoms with Crippen LogP contribution in [-0.4, -0.2) is 24.3 Å². The van der Waals surface area contributed by atoms with Gasteiger partial charge in [-0.2, -0.15) is 5.10 Å². The molecule has 0 saturated carbocycles. The highest BCUT2D eigenvalue weighted by molar-refractivity contribution is 14.1. The maximum Gasteiger partial charge on any atom is 0.409 e. The van der Waals surface area contributed by atoms with E-state index in [1.807, 2.05) is 0 Å². The SMILES string of the molecule is Cc1nc([N+](=O)[O-])c(-n2cc(I)cn2)n1C. The summed E-state index contributed by atoms with van der Waals surface area (Å²) in [5, 5.41) is 14.9. The fraction of sp³-hybridized carbons (Fsp3) is 0.250. The molecule has 0 spiro atoms. The lowest BCUT2D eigenvalue weighted by Gasteiger charge is -2.01. The molecule has 8 heteroatoms. The topological polar surface area (TPSA) is 78.8 Å². The Morgan fingerprint density at radius 2 is 2.25 bits per heavy atom. The number of imidazole rings is 1. The van der Waals surface area contributed by atoms with Crippen LogP contribution in [0, 0.1) is 20.6 Å². The number of rotatable bonds is 2. The maximum atomic E-state index is 10.9. The van der Waals surface area contributed by atoms with Gasteiger partial charge in [0.1, 0.15) is 0 Å². The van der Waals surface area contributed by atoms with Crippen molar-refractivity contribution in [3.63, 3.8) is 0 Å². The van der Waals surface area contributed by atoms with E-state index in [2.05, 4.69) is 32.7 Å². The molecule has 2 heterocycles. The van der Waals surface area contributed by atoms with Crippen molar-refractivity contribution in [2.45, 2.75) is 6.92 Å². The molecule has 0 atom stereocenters. The summed E-state index contributed by atoms with van der Waals surface area (Å²) in [6.07, 6.45) is 3.34. The molecule has 2 aromatic heterocycles. The van der Waals surface area contributed by atoms with Gasteiger partial charge in [-0.05, 0) is 32.5 Å². The molecule has 0 aliphatic heterocycles. The molecule has 0 bridgehead atoms. The lowest BCUT2D eigenvalue weighted by atomic mass is 10.6. The average Bonchev–Trinajstić information content (AvgIpc) is 2.73. The summed E-state index contributed by atoms with van der Waals surface area (Å²) >= 11 is 2.09. The summed E-state index contributed by atoms with van der Waals surface area (Å²) < 4.78 is 4.01. The Morgan fingerprint density at radius 3 is 2.75 bits per heavy atom. The van der Waals surface area contributed by atoms with Crippen LogP contribution in [0.1, 0.15) is 5.82 Å². The van der Waals surface area contributed by atoms with E-state index >= 15 is 0 Å². The van der Waals surface area contributed by atoms with Gasteiger partial charge in [-0.1, -0.05) is 0 Å². The summed E-state index contributed by atoms with van der Waals surface area (Å²) in [6, 6.07) is 0. The van der Waals surface area contributed by atoms with Crippen LogP contribution in [0.2, 0.25) is 0 Å². The van der Waals surface area contributed by atoms with Gasteiger partial charge in [0.25, 0.3) is 0 Å². The Labute approximate surface area is 104 Å². The third-order valence-corrected chi connectivity index (χ3v) is 2.77. The van der Waals surface area contributed by atoms with E-state index in [1.165, 1.54) is 4.68 Å². The highest BCUT2D eigenvalue weighted by Crippen LogP contribution is 2.22. The van der Waals surface area contributed by atoms with Crippen LogP contribution < -0.4 is 0 Å². The largest absolute Gasteiger partial charge is 0.409 e. The van der Waals surface area contributed by atoms with Gasteiger partial charge in [0.15, 0.2) is 0 Å². The predicted molar refractivity (Wildman–Crippen MR) is 64.4 cm³/mol. The highest BCUT2D eigenvalue weighted by atomic mass is 127. The Morgan fingerprint density at radius 1 is 1.56 bits per heavy atom. The van der Waals surface area contributed by atoms with Crippen LogP contribution in [0.3, 0.4) is 0 Å². The van der Waals surface area contributed by atoms with Crippen molar-refractivity contribution < 1.29 is 4.92 Å². The van der Waals surface area contributed by atoms with E-state index in [9.17, 15) is 10.1 Å². The molecular formula is C8H8IN5O2. The third kappa shape index (κ3) is 1.68. The lowest BCUT2D eigenvalue weighted by molar-refractivity contribution is -0.389. The van der Waals surface area contributed by atoms with Crippen molar-refractivity contribution in [1.29, 1.82) is 0 Å². The number of hydrogen-bond donors (Lipinski definition) is 0. The first-order valence-electron chi connectivity index (χ1n) is 4.39. The number of nitro groups is 1. The van der Waals surface area contributed by atoms with Crippen LogP contribution in [0.4, 0.5) is 5.82 Å². The molecule has 16 heavy (non-hydrogen) atoms. The molecule has 0 fully saturated rings. The monoisotopic (exact) mass is 333 g/mol. The van der Waals surface area contributed by atoms with E-state index in [1.54, 1.807) is 30.9 Å². The number of aryl methyl sites for hydroxylation is 1. The van der Waals surface area contributed by atoms with Crippen molar-refractivity contribution >= 4 is 28.4 Å². The van der Waals surface area contributed by atoms with Gasteiger partial charge in [0.2, 0.25) is 11.6 Å². The summed E-state index contributed by atoms with van der Waals surface area (Å²) in [4.78, 5) is 14.2. The molecule has 0 aliphatic rings. The van der Waals surface area contributed by atoms with E-state index in [-0.39, 0.29) is 5.82 Å². The minimum Gasteiger partial charge on any atom is -0.358 e. The Kier molecular flexibility index (Phi) is 2.66. The van der Waals surface area contributed by atoms with Gasteiger partial charge in [-0.3, -0.25) is 4.57 Å². The second kappa shape index (κ2) is 3.85. The van der Waals surface area contributed by atoms with Crippen molar-refractivity contribution in [2.75, 3.05) is 0 Å². The zero-order chi connectivity index (χ0) is 11.9. The minimum absolute atomic E-state index is 0.181. The molecule has 84 valence electrons. The molecule has 2 aromatic rings. The van der Waals surface area contributed by atoms with E-state index in [4.69, 9.17) is 0 Å². The molecule has 2 rings (SSSR count). The first-order valence-corrected chi connectivity index (χ1v) is 5.47. The molecule has 7 nitrogen and oxygen atoms in total. The molecule has 0 saturated heterocycles. The van der Waals surface area contributed by atoms with Crippen molar-refractivity contribution in [3.05, 3.63) is 31.9 Å². The molecule has 0 aromatic carbocycles. The second-order valence-corrected chi connectivity index (χ2v) is 4.47. The fourth-order valence-electron chi connectivity index (χ4n) is 1.38. The second-order valence-electron chi connectivity index (χ2n) is 3.23. The first-order chi connectivity index (χ1) is 7.50. The van der Waals surface area contributed by atoms with Crippen LogP contribution in [0.25, 0.3) is 5.82 Å². The van der Waals surface area contributed by atoms with Gasteiger partial charge in [-0.25, -0.2) is 4.68 Å². The third-order valence-electron chi connectivity index (χ3n) is 2.21. The number of hydrogen-bond acceptors (Lipinski definition) is 4. The van der Waals surface area contributed by atoms with Gasteiger partial charge < -0.3 is 10.1 Å². The molecule has 0 N–H and O–H groups in total. The van der Waals surface area contributed by atoms with E-state index < -0.39 is 4.92 Å². The van der Waals surface area contributed by atoms with Gasteiger partial charge >= 0.3 is 5.82 Å². The zero-order valence-corrected chi connectivity index (χ0v) is 10.7. The summed E-state index contributed by atoms with van der Waals surface area (Å²) in [5.74, 6) is 0.761. The lowest BCUT2D eigenvalue weighted by Crippen LogP contribution is -2.05. The Hall–Kier alpha value is -1.45. The van der Waals surface area contributed by atoms with Crippen LogP contribution in [0.5, 0.6) is 0 Å². The molecule has 0 amide bonds.